The van der Waals surface area contributed by atoms with Gasteiger partial charge >= 0.3 is 0 Å². The van der Waals surface area contributed by atoms with E-state index in [4.69, 9.17) is 5.26 Å². The zero-order valence-electron chi connectivity index (χ0n) is 8.30. The van der Waals surface area contributed by atoms with Gasteiger partial charge in [-0.25, -0.2) is 0 Å². The van der Waals surface area contributed by atoms with Crippen molar-refractivity contribution in [2.24, 2.45) is 11.3 Å². The van der Waals surface area contributed by atoms with Crippen molar-refractivity contribution in [2.45, 2.75) is 27.2 Å². The molecule has 0 bridgehead atoms. The van der Waals surface area contributed by atoms with Crippen LogP contribution in [0.25, 0.3) is 0 Å². The summed E-state index contributed by atoms with van der Waals surface area (Å²) >= 11 is 0. The molecule has 0 radical (unpaired) electrons. The predicted molar refractivity (Wildman–Crippen MR) is 49.6 cm³/mol. The van der Waals surface area contributed by atoms with Crippen molar-refractivity contribution in [3.63, 3.8) is 0 Å². The summed E-state index contributed by atoms with van der Waals surface area (Å²) in [6, 6.07) is 2.21. The Balaban J connectivity index is 2.42. The molecule has 0 N–H and O–H groups in total. The van der Waals surface area contributed by atoms with Crippen molar-refractivity contribution in [1.82, 2.24) is 4.90 Å². The lowest BCUT2D eigenvalue weighted by Gasteiger charge is -2.26. The van der Waals surface area contributed by atoms with E-state index < -0.39 is 0 Å². The molecule has 68 valence electrons. The minimum Gasteiger partial charge on any atom is -0.290 e. The van der Waals surface area contributed by atoms with Crippen LogP contribution in [0.5, 0.6) is 0 Å². The van der Waals surface area contributed by atoms with Crippen LogP contribution in [-0.4, -0.2) is 24.5 Å². The van der Waals surface area contributed by atoms with E-state index in [0.717, 1.165) is 19.0 Å². The number of hydrogen-bond donors (Lipinski definition) is 0. The number of nitrogens with zero attached hydrogens (tertiary/aromatic N) is 2. The SMILES string of the molecule is CC(C)(C)C1CCN(CC#N)C1. The lowest BCUT2D eigenvalue weighted by atomic mass is 9.80. The van der Waals surface area contributed by atoms with Crippen LogP contribution < -0.4 is 0 Å². The van der Waals surface area contributed by atoms with E-state index in [1.54, 1.807) is 0 Å². The van der Waals surface area contributed by atoms with E-state index in [0.29, 0.717) is 12.0 Å². The van der Waals surface area contributed by atoms with Crippen LogP contribution in [0.2, 0.25) is 0 Å². The van der Waals surface area contributed by atoms with E-state index in [9.17, 15) is 0 Å². The summed E-state index contributed by atoms with van der Waals surface area (Å²) in [4.78, 5) is 2.25. The van der Waals surface area contributed by atoms with Crippen LogP contribution in [0.1, 0.15) is 27.2 Å². The Morgan fingerprint density at radius 3 is 2.58 bits per heavy atom. The van der Waals surface area contributed by atoms with Crippen LogP contribution in [0, 0.1) is 22.7 Å². The highest BCUT2D eigenvalue weighted by atomic mass is 15.1. The maximum Gasteiger partial charge on any atom is 0.0866 e. The highest BCUT2D eigenvalue weighted by molar-refractivity contribution is 4.87. The largest absolute Gasteiger partial charge is 0.290 e. The minimum atomic E-state index is 0.407. The van der Waals surface area contributed by atoms with Gasteiger partial charge in [-0.3, -0.25) is 4.90 Å². The van der Waals surface area contributed by atoms with Crippen molar-refractivity contribution in [2.75, 3.05) is 19.6 Å². The molecule has 1 unspecified atom stereocenters. The van der Waals surface area contributed by atoms with Gasteiger partial charge in [0.25, 0.3) is 0 Å². The van der Waals surface area contributed by atoms with Crippen LogP contribution in [-0.2, 0) is 0 Å². The average molecular weight is 166 g/mol. The minimum absolute atomic E-state index is 0.407. The molecule has 1 aliphatic heterocycles. The van der Waals surface area contributed by atoms with E-state index in [1.165, 1.54) is 6.42 Å². The van der Waals surface area contributed by atoms with E-state index in [2.05, 4.69) is 31.7 Å². The molecule has 0 aromatic rings. The summed E-state index contributed by atoms with van der Waals surface area (Å²) in [5, 5.41) is 8.52. The monoisotopic (exact) mass is 166 g/mol. The van der Waals surface area contributed by atoms with Gasteiger partial charge in [-0.05, 0) is 24.3 Å². The van der Waals surface area contributed by atoms with Gasteiger partial charge < -0.3 is 0 Å². The maximum absolute atomic E-state index is 8.52. The number of nitriles is 1. The van der Waals surface area contributed by atoms with E-state index >= 15 is 0 Å². The fraction of sp³-hybridized carbons (Fsp3) is 0.900. The fourth-order valence-corrected chi connectivity index (χ4v) is 1.78. The molecule has 1 aliphatic rings. The zero-order valence-corrected chi connectivity index (χ0v) is 8.30. The summed E-state index contributed by atoms with van der Waals surface area (Å²) < 4.78 is 0. The van der Waals surface area contributed by atoms with Crippen LogP contribution in [0.15, 0.2) is 0 Å². The molecule has 2 nitrogen and oxygen atoms in total. The summed E-state index contributed by atoms with van der Waals surface area (Å²) in [5.74, 6) is 0.769. The summed E-state index contributed by atoms with van der Waals surface area (Å²) in [5.41, 5.74) is 0.407. The Hall–Kier alpha value is -0.550. The van der Waals surface area contributed by atoms with Gasteiger partial charge in [0.05, 0.1) is 12.6 Å². The summed E-state index contributed by atoms with van der Waals surface area (Å²) in [6.45, 7) is 9.67. The number of hydrogen-bond acceptors (Lipinski definition) is 2. The second kappa shape index (κ2) is 3.45. The Labute approximate surface area is 75.2 Å². The maximum atomic E-state index is 8.52. The lowest BCUT2D eigenvalue weighted by molar-refractivity contribution is 0.236. The normalized spacial score (nSPS) is 25.7. The molecule has 1 fully saturated rings. The second-order valence-corrected chi connectivity index (χ2v) is 4.74. The van der Waals surface area contributed by atoms with Gasteiger partial charge in [0.15, 0.2) is 0 Å². The van der Waals surface area contributed by atoms with Crippen molar-refractivity contribution < 1.29 is 0 Å². The van der Waals surface area contributed by atoms with Crippen molar-refractivity contribution in [3.05, 3.63) is 0 Å². The topological polar surface area (TPSA) is 27.0 Å². The van der Waals surface area contributed by atoms with E-state index in [1.807, 2.05) is 0 Å². The molecule has 0 aromatic carbocycles. The molecule has 0 aliphatic carbocycles. The van der Waals surface area contributed by atoms with Gasteiger partial charge in [-0.1, -0.05) is 20.8 Å². The highest BCUT2D eigenvalue weighted by Crippen LogP contribution is 2.33. The zero-order chi connectivity index (χ0) is 9.19. The third-order valence-electron chi connectivity index (χ3n) is 2.79. The van der Waals surface area contributed by atoms with Gasteiger partial charge in [-0.15, -0.1) is 0 Å². The van der Waals surface area contributed by atoms with Gasteiger partial charge in [0.2, 0.25) is 0 Å². The Kier molecular flexibility index (Phi) is 2.74. The second-order valence-electron chi connectivity index (χ2n) is 4.74. The Bertz CT molecular complexity index is 185. The smallest absolute Gasteiger partial charge is 0.0866 e. The Morgan fingerprint density at radius 1 is 1.50 bits per heavy atom. The van der Waals surface area contributed by atoms with E-state index in [-0.39, 0.29) is 0 Å². The van der Waals surface area contributed by atoms with Gasteiger partial charge in [0, 0.05) is 6.54 Å². The van der Waals surface area contributed by atoms with Crippen molar-refractivity contribution in [3.8, 4) is 6.07 Å². The molecule has 1 atom stereocenters. The highest BCUT2D eigenvalue weighted by Gasteiger charge is 2.31. The van der Waals surface area contributed by atoms with Crippen LogP contribution >= 0.6 is 0 Å². The predicted octanol–water partition coefficient (Wildman–Crippen LogP) is 1.88. The lowest BCUT2D eigenvalue weighted by Crippen LogP contribution is -2.26. The standard InChI is InChI=1S/C10H18N2/c1-10(2,3)9-4-6-12(8-9)7-5-11/h9H,4,6-8H2,1-3H3. The molecule has 12 heavy (non-hydrogen) atoms. The molecule has 1 saturated heterocycles. The summed E-state index contributed by atoms with van der Waals surface area (Å²) in [7, 11) is 0. The first kappa shape index (κ1) is 9.54. The molecule has 1 rings (SSSR count). The third-order valence-corrected chi connectivity index (χ3v) is 2.79. The molecule has 0 saturated carbocycles. The molecule has 2 heteroatoms. The number of rotatable bonds is 1. The first-order valence-corrected chi connectivity index (χ1v) is 4.63. The average Bonchev–Trinajstić information content (AvgIpc) is 2.35. The molecule has 0 aromatic heterocycles. The van der Waals surface area contributed by atoms with Gasteiger partial charge in [0.1, 0.15) is 0 Å². The third kappa shape index (κ3) is 2.22. The van der Waals surface area contributed by atoms with Crippen molar-refractivity contribution >= 4 is 0 Å². The van der Waals surface area contributed by atoms with Crippen LogP contribution in [0.3, 0.4) is 0 Å². The molecular weight excluding hydrogens is 148 g/mol. The fourth-order valence-electron chi connectivity index (χ4n) is 1.78. The van der Waals surface area contributed by atoms with Gasteiger partial charge in [-0.2, -0.15) is 5.26 Å². The first-order chi connectivity index (χ1) is 5.54. The first-order valence-electron chi connectivity index (χ1n) is 4.63. The number of likely N-dealkylation sites (tertiary alicyclic amines) is 1. The molecule has 0 amide bonds. The molecule has 1 heterocycles. The molecule has 0 spiro atoms. The summed E-state index contributed by atoms with van der Waals surface area (Å²) in [6.07, 6.45) is 1.26. The van der Waals surface area contributed by atoms with Crippen LogP contribution in [0.4, 0.5) is 0 Å². The van der Waals surface area contributed by atoms with Crippen molar-refractivity contribution in [1.29, 1.82) is 5.26 Å². The quantitative estimate of drug-likeness (QED) is 0.556. The Morgan fingerprint density at radius 2 is 2.17 bits per heavy atom. The molecular formula is C10H18N2.